The Bertz CT molecular complexity index is 402. The first-order valence-electron chi connectivity index (χ1n) is 4.49. The number of rotatable bonds is 5. The van der Waals surface area contributed by atoms with Crippen molar-refractivity contribution in [1.82, 2.24) is 0 Å². The summed E-state index contributed by atoms with van der Waals surface area (Å²) in [5.74, 6) is 1.96. The van der Waals surface area contributed by atoms with Crippen LogP contribution in [0.4, 0.5) is 0 Å². The predicted molar refractivity (Wildman–Crippen MR) is 58.9 cm³/mol. The van der Waals surface area contributed by atoms with Crippen LogP contribution in [-0.2, 0) is 16.7 Å². The summed E-state index contributed by atoms with van der Waals surface area (Å²) in [6.45, 7) is 0.608. The van der Waals surface area contributed by atoms with Crippen LogP contribution in [0.1, 0.15) is 6.42 Å². The molecule has 0 saturated carbocycles. The zero-order valence-corrected chi connectivity index (χ0v) is 11.0. The van der Waals surface area contributed by atoms with Crippen molar-refractivity contribution in [2.24, 2.45) is 0 Å². The number of aryl methyl sites for hydroxylation is 1. The van der Waals surface area contributed by atoms with Crippen molar-refractivity contribution < 1.29 is 17.5 Å². The van der Waals surface area contributed by atoms with E-state index in [1.165, 1.54) is 4.46 Å². The molecule has 4 nitrogen and oxygen atoms in total. The van der Waals surface area contributed by atoms with Crippen LogP contribution in [0, 0.1) is 0 Å². The van der Waals surface area contributed by atoms with Gasteiger partial charge >= 0.3 is 96.1 Å². The fourth-order valence-electron chi connectivity index (χ4n) is 1.16. The third-order valence-corrected chi connectivity index (χ3v) is 4.28. The Kier molecular flexibility index (Phi) is 4.73. The van der Waals surface area contributed by atoms with E-state index in [0.717, 1.165) is 0 Å². The Morgan fingerprint density at radius 3 is 2.47 bits per heavy atom. The van der Waals surface area contributed by atoms with E-state index in [-0.39, 0.29) is 5.75 Å². The number of aromatic nitrogens is 1. The molecule has 0 aromatic carbocycles. The zero-order chi connectivity index (χ0) is 11.3. The van der Waals surface area contributed by atoms with E-state index in [4.69, 9.17) is 4.55 Å². The van der Waals surface area contributed by atoms with Crippen LogP contribution < -0.4 is 9.03 Å². The molecule has 0 fully saturated rings. The van der Waals surface area contributed by atoms with Gasteiger partial charge in [-0.25, -0.2) is 0 Å². The summed E-state index contributed by atoms with van der Waals surface area (Å²) >= 11 is 0.494. The van der Waals surface area contributed by atoms with E-state index in [1.54, 1.807) is 0 Å². The second kappa shape index (κ2) is 5.61. The standard InChI is InChI=1S/C9H13NO3SSe/c1-15-9-3-6-10(7-4-9)5-2-8-14(11,12)13/h3-4,6-7H,2,5,8H2,1H3/p+1. The summed E-state index contributed by atoms with van der Waals surface area (Å²) in [5.41, 5.74) is 0. The molecule has 0 radical (unpaired) electrons. The minimum absolute atomic E-state index is 0.181. The van der Waals surface area contributed by atoms with Crippen molar-refractivity contribution in [1.29, 1.82) is 0 Å². The minimum atomic E-state index is -3.82. The molecule has 6 heteroatoms. The molecule has 0 unspecified atom stereocenters. The summed E-state index contributed by atoms with van der Waals surface area (Å²) in [6.07, 6.45) is 4.30. The quantitative estimate of drug-likeness (QED) is 0.458. The second-order valence-corrected chi connectivity index (χ2v) is 6.53. The maximum atomic E-state index is 10.5. The van der Waals surface area contributed by atoms with Crippen molar-refractivity contribution in [3.8, 4) is 0 Å². The second-order valence-electron chi connectivity index (χ2n) is 3.12. The van der Waals surface area contributed by atoms with Crippen LogP contribution in [0.2, 0.25) is 5.82 Å². The average molecular weight is 295 g/mol. The molecule has 0 saturated heterocycles. The summed E-state index contributed by atoms with van der Waals surface area (Å²) in [4.78, 5) is 0. The Balaban J connectivity index is 2.45. The fraction of sp³-hybridized carbons (Fsp3) is 0.444. The van der Waals surface area contributed by atoms with Gasteiger partial charge in [0.2, 0.25) is 0 Å². The van der Waals surface area contributed by atoms with Gasteiger partial charge in [0.05, 0.1) is 0 Å². The molecule has 0 aliphatic heterocycles. The van der Waals surface area contributed by atoms with Crippen LogP contribution in [-0.4, -0.2) is 33.7 Å². The first-order chi connectivity index (χ1) is 7.01. The maximum absolute atomic E-state index is 10.5. The van der Waals surface area contributed by atoms with Gasteiger partial charge in [-0.2, -0.15) is 0 Å². The third kappa shape index (κ3) is 5.27. The van der Waals surface area contributed by atoms with E-state index >= 15 is 0 Å². The molecule has 84 valence electrons. The number of pyridine rings is 1. The van der Waals surface area contributed by atoms with Gasteiger partial charge in [-0.3, -0.25) is 0 Å². The SMILES string of the molecule is C[Se]c1cc[n+](CCCS(=O)(=O)O)cc1. The Morgan fingerprint density at radius 1 is 1.40 bits per heavy atom. The molecule has 0 atom stereocenters. The molecule has 0 aliphatic rings. The molecule has 15 heavy (non-hydrogen) atoms. The van der Waals surface area contributed by atoms with Crippen molar-refractivity contribution in [3.63, 3.8) is 0 Å². The number of nitrogens with zero attached hydrogens (tertiary/aromatic N) is 1. The molecule has 0 aliphatic carbocycles. The fourth-order valence-corrected chi connectivity index (χ4v) is 2.48. The molecule has 0 spiro atoms. The van der Waals surface area contributed by atoms with Crippen LogP contribution in [0.15, 0.2) is 24.5 Å². The van der Waals surface area contributed by atoms with Gasteiger partial charge in [-0.05, 0) is 0 Å². The summed E-state index contributed by atoms with van der Waals surface area (Å²) in [7, 11) is -3.82. The molecule has 0 bridgehead atoms. The van der Waals surface area contributed by atoms with Crippen LogP contribution >= 0.6 is 0 Å². The van der Waals surface area contributed by atoms with Crippen molar-refractivity contribution >= 4 is 29.5 Å². The van der Waals surface area contributed by atoms with E-state index in [1.807, 2.05) is 29.1 Å². The van der Waals surface area contributed by atoms with E-state index in [9.17, 15) is 8.42 Å². The van der Waals surface area contributed by atoms with Crippen LogP contribution in [0.5, 0.6) is 0 Å². The van der Waals surface area contributed by atoms with Gasteiger partial charge in [-0.15, -0.1) is 0 Å². The molecule has 1 rings (SSSR count). The number of hydrogen-bond acceptors (Lipinski definition) is 2. The summed E-state index contributed by atoms with van der Waals surface area (Å²) < 4.78 is 32.7. The summed E-state index contributed by atoms with van der Waals surface area (Å²) in [6, 6.07) is 4.07. The third-order valence-electron chi connectivity index (χ3n) is 1.91. The van der Waals surface area contributed by atoms with Crippen molar-refractivity contribution in [2.75, 3.05) is 5.75 Å². The normalized spacial score (nSPS) is 11.6. The van der Waals surface area contributed by atoms with Gasteiger partial charge < -0.3 is 0 Å². The predicted octanol–water partition coefficient (Wildman–Crippen LogP) is -0.370. The van der Waals surface area contributed by atoms with E-state index < -0.39 is 10.1 Å². The molecule has 0 amide bonds. The van der Waals surface area contributed by atoms with Crippen molar-refractivity contribution in [2.45, 2.75) is 18.8 Å². The Morgan fingerprint density at radius 2 is 2.00 bits per heavy atom. The van der Waals surface area contributed by atoms with Gasteiger partial charge in [-0.1, -0.05) is 0 Å². The first kappa shape index (κ1) is 12.6. The van der Waals surface area contributed by atoms with Gasteiger partial charge in [0.1, 0.15) is 0 Å². The van der Waals surface area contributed by atoms with Gasteiger partial charge in [0, 0.05) is 0 Å². The average Bonchev–Trinajstić information content (AvgIpc) is 2.17. The Hall–Kier alpha value is -0.421. The molecule has 1 aromatic heterocycles. The molecule has 1 aromatic rings. The van der Waals surface area contributed by atoms with Crippen LogP contribution in [0.25, 0.3) is 0 Å². The molecule has 1 N–H and O–H groups in total. The van der Waals surface area contributed by atoms with Gasteiger partial charge in [0.15, 0.2) is 0 Å². The molecular formula is C9H14NO3SSe+. The molecule has 1 heterocycles. The summed E-state index contributed by atoms with van der Waals surface area (Å²) in [5, 5.41) is 0. The van der Waals surface area contributed by atoms with Crippen LogP contribution in [0.3, 0.4) is 0 Å². The van der Waals surface area contributed by atoms with E-state index in [0.29, 0.717) is 27.9 Å². The van der Waals surface area contributed by atoms with Gasteiger partial charge in [0.25, 0.3) is 0 Å². The topological polar surface area (TPSA) is 58.2 Å². The Labute approximate surface area is 96.2 Å². The van der Waals surface area contributed by atoms with E-state index in [2.05, 4.69) is 5.82 Å². The monoisotopic (exact) mass is 296 g/mol. The zero-order valence-electron chi connectivity index (χ0n) is 8.46. The molecular weight excluding hydrogens is 281 g/mol. The van der Waals surface area contributed by atoms with Crippen molar-refractivity contribution in [3.05, 3.63) is 24.5 Å². The first-order valence-corrected chi connectivity index (χ1v) is 8.67. The number of hydrogen-bond donors (Lipinski definition) is 1.